The third-order valence-corrected chi connectivity index (χ3v) is 2.48. The molecule has 126 valence electrons. The number of carbonyl (C=O) groups is 1. The van der Waals surface area contributed by atoms with Crippen LogP contribution in [0.1, 0.15) is 0 Å². The van der Waals surface area contributed by atoms with Crippen LogP contribution >= 0.6 is 0 Å². The maximum atomic E-state index is 10.1. The van der Waals surface area contributed by atoms with Crippen molar-refractivity contribution in [3.8, 4) is 0 Å². The highest BCUT2D eigenvalue weighted by Crippen LogP contribution is 2.01. The molecule has 0 aliphatic carbocycles. The van der Waals surface area contributed by atoms with Gasteiger partial charge in [-0.1, -0.05) is 0 Å². The molecule has 0 spiro atoms. The Kier molecular flexibility index (Phi) is 17.0. The van der Waals surface area contributed by atoms with Gasteiger partial charge < -0.3 is 33.2 Å². The first-order chi connectivity index (χ1) is 10.3. The minimum absolute atomic E-state index is 0.104. The summed E-state index contributed by atoms with van der Waals surface area (Å²) >= 11 is 0. The van der Waals surface area contributed by atoms with Crippen LogP contribution in [-0.2, 0) is 33.2 Å². The second-order valence-electron chi connectivity index (χ2n) is 4.32. The molecule has 0 heterocycles. The Morgan fingerprint density at radius 3 is 1.57 bits per heavy atom. The minimum Gasteiger partial charge on any atom is -0.382 e. The molecule has 0 aliphatic heterocycles. The van der Waals surface area contributed by atoms with Gasteiger partial charge in [-0.25, -0.2) is 0 Å². The van der Waals surface area contributed by atoms with E-state index >= 15 is 0 Å². The van der Waals surface area contributed by atoms with Gasteiger partial charge in [0, 0.05) is 20.1 Å². The van der Waals surface area contributed by atoms with E-state index in [0.717, 1.165) is 6.29 Å². The highest BCUT2D eigenvalue weighted by atomic mass is 16.5. The molecule has 0 N–H and O–H groups in total. The summed E-state index contributed by atoms with van der Waals surface area (Å²) in [6.07, 6.45) is 0.718. The van der Waals surface area contributed by atoms with E-state index in [1.54, 1.807) is 14.2 Å². The number of ether oxygens (including phenoxy) is 6. The average molecular weight is 308 g/mol. The van der Waals surface area contributed by atoms with Gasteiger partial charge in [-0.05, 0) is 0 Å². The van der Waals surface area contributed by atoms with Crippen LogP contribution in [-0.4, -0.2) is 86.6 Å². The predicted molar refractivity (Wildman–Crippen MR) is 76.6 cm³/mol. The molecule has 0 fully saturated rings. The Balaban J connectivity index is 3.69. The van der Waals surface area contributed by atoms with Crippen LogP contribution < -0.4 is 0 Å². The fourth-order valence-corrected chi connectivity index (χ4v) is 1.43. The van der Waals surface area contributed by atoms with Crippen LogP contribution in [0.3, 0.4) is 0 Å². The second kappa shape index (κ2) is 17.5. The van der Waals surface area contributed by atoms with Crippen molar-refractivity contribution in [3.63, 3.8) is 0 Å². The number of aldehydes is 1. The molecule has 0 atom stereocenters. The van der Waals surface area contributed by atoms with Gasteiger partial charge in [0.2, 0.25) is 0 Å². The lowest BCUT2D eigenvalue weighted by Crippen LogP contribution is -2.24. The minimum atomic E-state index is 0.104. The summed E-state index contributed by atoms with van der Waals surface area (Å²) < 4.78 is 31.3. The molecule has 7 nitrogen and oxygen atoms in total. The first kappa shape index (κ1) is 20.4. The van der Waals surface area contributed by atoms with E-state index in [9.17, 15) is 4.79 Å². The lowest BCUT2D eigenvalue weighted by molar-refractivity contribution is -0.112. The normalized spacial score (nSPS) is 11.2. The van der Waals surface area contributed by atoms with Crippen molar-refractivity contribution >= 4 is 6.29 Å². The van der Waals surface area contributed by atoms with Gasteiger partial charge in [0.1, 0.15) is 12.9 Å². The van der Waals surface area contributed by atoms with Crippen LogP contribution in [0, 0.1) is 5.92 Å². The molecule has 0 saturated heterocycles. The zero-order chi connectivity index (χ0) is 15.6. The molecule has 0 aliphatic rings. The van der Waals surface area contributed by atoms with Gasteiger partial charge in [-0.15, -0.1) is 0 Å². The van der Waals surface area contributed by atoms with E-state index in [2.05, 4.69) is 0 Å². The third kappa shape index (κ3) is 15.6. The molecule has 0 saturated carbocycles. The summed E-state index contributed by atoms with van der Waals surface area (Å²) in [5, 5.41) is 0. The number of methoxy groups -OCH3 is 2. The number of carbonyl (C=O) groups excluding carboxylic acids is 1. The molecule has 0 unspecified atom stereocenters. The summed E-state index contributed by atoms with van der Waals surface area (Å²) in [5.74, 6) is 0.143. The molecule has 21 heavy (non-hydrogen) atoms. The maximum absolute atomic E-state index is 10.1. The van der Waals surface area contributed by atoms with Gasteiger partial charge in [0.15, 0.2) is 0 Å². The van der Waals surface area contributed by atoms with E-state index in [0.29, 0.717) is 59.5 Å². The van der Waals surface area contributed by atoms with E-state index < -0.39 is 0 Å². The molecular formula is C14H28O7. The Bertz CT molecular complexity index is 201. The summed E-state index contributed by atoms with van der Waals surface area (Å²) in [6.45, 7) is 4.80. The lowest BCUT2D eigenvalue weighted by atomic mass is 10.2. The standard InChI is InChI=1S/C14H28O7/c1-16-5-7-19-11-14(12-20-8-6-17-2)13-21-10-9-18-4-3-15/h3,14H,4-13H2,1-2H3. The first-order valence-electron chi connectivity index (χ1n) is 7.07. The zero-order valence-electron chi connectivity index (χ0n) is 13.1. The van der Waals surface area contributed by atoms with E-state index in [1.807, 2.05) is 0 Å². The SMILES string of the molecule is COCCOCC(COCCOC)COCCOCC=O. The fraction of sp³-hybridized carbons (Fsp3) is 0.929. The fourth-order valence-electron chi connectivity index (χ4n) is 1.43. The molecule has 0 aromatic rings. The van der Waals surface area contributed by atoms with Crippen molar-refractivity contribution in [1.82, 2.24) is 0 Å². The zero-order valence-corrected chi connectivity index (χ0v) is 13.1. The molecule has 0 radical (unpaired) electrons. The summed E-state index contributed by atoms with van der Waals surface area (Å²) in [7, 11) is 3.27. The van der Waals surface area contributed by atoms with Crippen LogP contribution in [0.2, 0.25) is 0 Å². The molecule has 0 aromatic heterocycles. The van der Waals surface area contributed by atoms with Crippen molar-refractivity contribution in [2.45, 2.75) is 0 Å². The summed E-state index contributed by atoms with van der Waals surface area (Å²) in [4.78, 5) is 10.1. The van der Waals surface area contributed by atoms with Gasteiger partial charge in [-0.2, -0.15) is 0 Å². The maximum Gasteiger partial charge on any atom is 0.145 e. The summed E-state index contributed by atoms with van der Waals surface area (Å²) in [5.41, 5.74) is 0. The molecule has 0 amide bonds. The highest BCUT2D eigenvalue weighted by molar-refractivity contribution is 5.50. The van der Waals surface area contributed by atoms with Crippen molar-refractivity contribution in [2.75, 3.05) is 80.3 Å². The van der Waals surface area contributed by atoms with Crippen LogP contribution in [0.25, 0.3) is 0 Å². The molecule has 0 bridgehead atoms. The van der Waals surface area contributed by atoms with Crippen molar-refractivity contribution in [2.24, 2.45) is 5.92 Å². The van der Waals surface area contributed by atoms with Crippen LogP contribution in [0.5, 0.6) is 0 Å². The van der Waals surface area contributed by atoms with Gasteiger partial charge >= 0.3 is 0 Å². The van der Waals surface area contributed by atoms with E-state index in [-0.39, 0.29) is 12.5 Å². The van der Waals surface area contributed by atoms with E-state index in [1.165, 1.54) is 0 Å². The quantitative estimate of drug-likeness (QED) is 0.280. The Labute approximate surface area is 126 Å². The van der Waals surface area contributed by atoms with Gasteiger partial charge in [0.25, 0.3) is 0 Å². The van der Waals surface area contributed by atoms with Crippen LogP contribution in [0.15, 0.2) is 0 Å². The Morgan fingerprint density at radius 2 is 1.14 bits per heavy atom. The van der Waals surface area contributed by atoms with Gasteiger partial charge in [-0.3, -0.25) is 0 Å². The smallest absolute Gasteiger partial charge is 0.145 e. The lowest BCUT2D eigenvalue weighted by Gasteiger charge is -2.17. The summed E-state index contributed by atoms with van der Waals surface area (Å²) in [6, 6.07) is 0. The third-order valence-electron chi connectivity index (χ3n) is 2.48. The van der Waals surface area contributed by atoms with Crippen molar-refractivity contribution < 1.29 is 33.2 Å². The van der Waals surface area contributed by atoms with Crippen LogP contribution in [0.4, 0.5) is 0 Å². The average Bonchev–Trinajstić information content (AvgIpc) is 2.50. The predicted octanol–water partition coefficient (Wildman–Crippen LogP) is 0.161. The van der Waals surface area contributed by atoms with Crippen molar-refractivity contribution in [3.05, 3.63) is 0 Å². The molecule has 0 rings (SSSR count). The molecular weight excluding hydrogens is 280 g/mol. The second-order valence-corrected chi connectivity index (χ2v) is 4.32. The van der Waals surface area contributed by atoms with E-state index in [4.69, 9.17) is 28.4 Å². The Morgan fingerprint density at radius 1 is 0.714 bits per heavy atom. The number of hydrogen-bond donors (Lipinski definition) is 0. The molecule has 7 heteroatoms. The topological polar surface area (TPSA) is 72.5 Å². The Hall–Kier alpha value is -0.570. The number of hydrogen-bond acceptors (Lipinski definition) is 7. The van der Waals surface area contributed by atoms with Crippen molar-refractivity contribution in [1.29, 1.82) is 0 Å². The first-order valence-corrected chi connectivity index (χ1v) is 7.07. The number of rotatable bonds is 17. The monoisotopic (exact) mass is 308 g/mol. The van der Waals surface area contributed by atoms with Gasteiger partial charge in [0.05, 0.1) is 59.5 Å². The highest BCUT2D eigenvalue weighted by Gasteiger charge is 2.10. The molecule has 0 aromatic carbocycles. The largest absolute Gasteiger partial charge is 0.382 e.